The van der Waals surface area contributed by atoms with Crippen LogP contribution in [0.15, 0.2) is 0 Å². The van der Waals surface area contributed by atoms with Crippen LogP contribution in [-0.4, -0.2) is 25.2 Å². The zero-order valence-electron chi connectivity index (χ0n) is 10.9. The molecule has 3 nitrogen and oxygen atoms in total. The number of esters is 1. The molecule has 0 aliphatic heterocycles. The SMILES string of the molecule is CCC(C)NC(CC(C)(C)C)C(=O)OC. The van der Waals surface area contributed by atoms with Gasteiger partial charge in [-0.2, -0.15) is 0 Å². The molecule has 0 aliphatic carbocycles. The van der Waals surface area contributed by atoms with Crippen molar-refractivity contribution in [2.24, 2.45) is 5.41 Å². The molecular formula is C12H25NO2. The summed E-state index contributed by atoms with van der Waals surface area (Å²) < 4.78 is 4.80. The molecule has 0 spiro atoms. The molecule has 1 N–H and O–H groups in total. The van der Waals surface area contributed by atoms with E-state index < -0.39 is 0 Å². The largest absolute Gasteiger partial charge is 0.468 e. The number of carbonyl (C=O) groups excluding carboxylic acids is 1. The third-order valence-corrected chi connectivity index (χ3v) is 2.40. The number of hydrogen-bond donors (Lipinski definition) is 1. The number of carbonyl (C=O) groups is 1. The first-order valence-electron chi connectivity index (χ1n) is 5.64. The number of nitrogens with one attached hydrogen (secondary N) is 1. The van der Waals surface area contributed by atoms with Gasteiger partial charge in [0.2, 0.25) is 0 Å². The Morgan fingerprint density at radius 3 is 2.27 bits per heavy atom. The smallest absolute Gasteiger partial charge is 0.322 e. The molecule has 15 heavy (non-hydrogen) atoms. The number of hydrogen-bond acceptors (Lipinski definition) is 3. The molecule has 0 aromatic rings. The maximum atomic E-state index is 11.6. The first-order chi connectivity index (χ1) is 6.80. The minimum absolute atomic E-state index is 0.124. The van der Waals surface area contributed by atoms with Crippen molar-refractivity contribution < 1.29 is 9.53 Å². The monoisotopic (exact) mass is 215 g/mol. The molecule has 0 aliphatic rings. The minimum atomic E-state index is -0.190. The maximum Gasteiger partial charge on any atom is 0.322 e. The summed E-state index contributed by atoms with van der Waals surface area (Å²) in [6.07, 6.45) is 1.81. The van der Waals surface area contributed by atoms with Crippen LogP contribution in [-0.2, 0) is 9.53 Å². The summed E-state index contributed by atoms with van der Waals surface area (Å²) in [5.41, 5.74) is 0.124. The van der Waals surface area contributed by atoms with Crippen LogP contribution in [0.3, 0.4) is 0 Å². The molecule has 0 aromatic carbocycles. The predicted molar refractivity (Wildman–Crippen MR) is 62.8 cm³/mol. The van der Waals surface area contributed by atoms with Crippen LogP contribution in [0.5, 0.6) is 0 Å². The number of ether oxygens (including phenoxy) is 1. The van der Waals surface area contributed by atoms with Crippen molar-refractivity contribution in [2.45, 2.75) is 59.5 Å². The van der Waals surface area contributed by atoms with Crippen LogP contribution in [0.2, 0.25) is 0 Å². The van der Waals surface area contributed by atoms with Crippen LogP contribution in [0.25, 0.3) is 0 Å². The summed E-state index contributed by atoms with van der Waals surface area (Å²) in [4.78, 5) is 11.6. The highest BCUT2D eigenvalue weighted by Crippen LogP contribution is 2.21. The molecule has 90 valence electrons. The van der Waals surface area contributed by atoms with Gasteiger partial charge in [-0.3, -0.25) is 4.79 Å². The van der Waals surface area contributed by atoms with Crippen LogP contribution >= 0.6 is 0 Å². The molecule has 2 unspecified atom stereocenters. The van der Waals surface area contributed by atoms with E-state index in [9.17, 15) is 4.79 Å². The fourth-order valence-electron chi connectivity index (χ4n) is 1.43. The number of methoxy groups -OCH3 is 1. The highest BCUT2D eigenvalue weighted by molar-refractivity contribution is 5.75. The summed E-state index contributed by atoms with van der Waals surface area (Å²) in [7, 11) is 1.44. The van der Waals surface area contributed by atoms with Crippen LogP contribution in [0, 0.1) is 5.41 Å². The normalized spacial score (nSPS) is 15.9. The van der Waals surface area contributed by atoms with E-state index in [-0.39, 0.29) is 17.4 Å². The second-order valence-electron chi connectivity index (χ2n) is 5.32. The topological polar surface area (TPSA) is 38.3 Å². The van der Waals surface area contributed by atoms with E-state index in [4.69, 9.17) is 4.74 Å². The lowest BCUT2D eigenvalue weighted by molar-refractivity contribution is -0.144. The van der Waals surface area contributed by atoms with Gasteiger partial charge in [0, 0.05) is 6.04 Å². The summed E-state index contributed by atoms with van der Waals surface area (Å²) in [5, 5.41) is 3.30. The molecule has 0 saturated carbocycles. The summed E-state index contributed by atoms with van der Waals surface area (Å²) >= 11 is 0. The standard InChI is InChI=1S/C12H25NO2/c1-7-9(2)13-10(11(14)15-6)8-12(3,4)5/h9-10,13H,7-8H2,1-6H3. The van der Waals surface area contributed by atoms with E-state index >= 15 is 0 Å². The van der Waals surface area contributed by atoms with Gasteiger partial charge in [0.25, 0.3) is 0 Å². The Balaban J connectivity index is 4.38. The lowest BCUT2D eigenvalue weighted by atomic mass is 9.88. The van der Waals surface area contributed by atoms with Crippen molar-refractivity contribution in [2.75, 3.05) is 7.11 Å². The molecule has 3 heteroatoms. The van der Waals surface area contributed by atoms with Crippen molar-refractivity contribution in [1.82, 2.24) is 5.32 Å². The van der Waals surface area contributed by atoms with E-state index in [1.165, 1.54) is 7.11 Å². The lowest BCUT2D eigenvalue weighted by Gasteiger charge is -2.27. The van der Waals surface area contributed by atoms with Crippen LogP contribution in [0.4, 0.5) is 0 Å². The van der Waals surface area contributed by atoms with E-state index in [2.05, 4.69) is 39.9 Å². The molecule has 0 bridgehead atoms. The van der Waals surface area contributed by atoms with E-state index in [1.54, 1.807) is 0 Å². The average Bonchev–Trinajstić information content (AvgIpc) is 2.13. The van der Waals surface area contributed by atoms with Crippen molar-refractivity contribution >= 4 is 5.97 Å². The zero-order chi connectivity index (χ0) is 12.1. The van der Waals surface area contributed by atoms with Crippen molar-refractivity contribution in [3.63, 3.8) is 0 Å². The second kappa shape index (κ2) is 6.11. The molecule has 2 atom stereocenters. The van der Waals surface area contributed by atoms with E-state index in [1.807, 2.05) is 0 Å². The highest BCUT2D eigenvalue weighted by atomic mass is 16.5. The second-order valence-corrected chi connectivity index (χ2v) is 5.32. The third kappa shape index (κ3) is 6.50. The zero-order valence-corrected chi connectivity index (χ0v) is 10.9. The van der Waals surface area contributed by atoms with Gasteiger partial charge in [0.05, 0.1) is 7.11 Å². The third-order valence-electron chi connectivity index (χ3n) is 2.40. The lowest BCUT2D eigenvalue weighted by Crippen LogP contribution is -2.44. The van der Waals surface area contributed by atoms with E-state index in [0.29, 0.717) is 6.04 Å². The van der Waals surface area contributed by atoms with Gasteiger partial charge in [-0.15, -0.1) is 0 Å². The van der Waals surface area contributed by atoms with Gasteiger partial charge in [0.1, 0.15) is 6.04 Å². The summed E-state index contributed by atoms with van der Waals surface area (Å²) in [6, 6.07) is 0.154. The predicted octanol–water partition coefficient (Wildman–Crippen LogP) is 2.35. The Kier molecular flexibility index (Phi) is 5.88. The first kappa shape index (κ1) is 14.4. The van der Waals surface area contributed by atoms with Gasteiger partial charge in [-0.05, 0) is 25.2 Å². The van der Waals surface area contributed by atoms with Gasteiger partial charge in [-0.25, -0.2) is 0 Å². The van der Waals surface area contributed by atoms with Crippen LogP contribution in [0.1, 0.15) is 47.5 Å². The quantitative estimate of drug-likeness (QED) is 0.715. The minimum Gasteiger partial charge on any atom is -0.468 e. The first-order valence-corrected chi connectivity index (χ1v) is 5.64. The van der Waals surface area contributed by atoms with E-state index in [0.717, 1.165) is 12.8 Å². The molecule has 0 aromatic heterocycles. The molecule has 0 saturated heterocycles. The Bertz CT molecular complexity index is 196. The molecule has 0 radical (unpaired) electrons. The Labute approximate surface area is 93.6 Å². The molecule has 0 fully saturated rings. The fourth-order valence-corrected chi connectivity index (χ4v) is 1.43. The Hall–Kier alpha value is -0.570. The molecule has 0 amide bonds. The highest BCUT2D eigenvalue weighted by Gasteiger charge is 2.26. The Morgan fingerprint density at radius 2 is 1.93 bits per heavy atom. The fraction of sp³-hybridized carbons (Fsp3) is 0.917. The summed E-state index contributed by atoms with van der Waals surface area (Å²) in [5.74, 6) is -0.162. The molecule has 0 heterocycles. The number of rotatable bonds is 5. The maximum absolute atomic E-state index is 11.6. The van der Waals surface area contributed by atoms with Crippen molar-refractivity contribution in [1.29, 1.82) is 0 Å². The van der Waals surface area contributed by atoms with Gasteiger partial charge < -0.3 is 10.1 Å². The average molecular weight is 215 g/mol. The van der Waals surface area contributed by atoms with Gasteiger partial charge >= 0.3 is 5.97 Å². The molecular weight excluding hydrogens is 190 g/mol. The van der Waals surface area contributed by atoms with Crippen LogP contribution < -0.4 is 5.32 Å². The van der Waals surface area contributed by atoms with Gasteiger partial charge in [-0.1, -0.05) is 27.7 Å². The summed E-state index contributed by atoms with van der Waals surface area (Å²) in [6.45, 7) is 10.6. The molecule has 0 rings (SSSR count). The van der Waals surface area contributed by atoms with Crippen molar-refractivity contribution in [3.05, 3.63) is 0 Å². The van der Waals surface area contributed by atoms with Crippen molar-refractivity contribution in [3.8, 4) is 0 Å². The Morgan fingerprint density at radius 1 is 1.40 bits per heavy atom. The van der Waals surface area contributed by atoms with Gasteiger partial charge in [0.15, 0.2) is 0 Å².